The number of hydrogen-bond acceptors (Lipinski definition) is 4. The Kier molecular flexibility index (Phi) is 3.99. The molecule has 5 heteroatoms. The van der Waals surface area contributed by atoms with Crippen LogP contribution >= 0.6 is 0 Å². The Bertz CT molecular complexity index is 780. The summed E-state index contributed by atoms with van der Waals surface area (Å²) in [6.07, 6.45) is 4.04. The number of rotatable bonds is 3. The molecule has 0 aromatic heterocycles. The summed E-state index contributed by atoms with van der Waals surface area (Å²) in [5.74, 6) is 1.46. The Morgan fingerprint density at radius 3 is 2.36 bits per heavy atom. The average Bonchev–Trinajstić information content (AvgIpc) is 3.11. The first-order chi connectivity index (χ1) is 12.2. The average molecular weight is 338 g/mol. The highest BCUT2D eigenvalue weighted by Gasteiger charge is 2.38. The van der Waals surface area contributed by atoms with E-state index in [0.717, 1.165) is 42.7 Å². The van der Waals surface area contributed by atoms with Crippen molar-refractivity contribution in [1.82, 2.24) is 5.32 Å². The minimum atomic E-state index is -0.353. The van der Waals surface area contributed by atoms with Crippen LogP contribution in [0.1, 0.15) is 41.6 Å². The van der Waals surface area contributed by atoms with E-state index in [1.54, 1.807) is 24.3 Å². The van der Waals surface area contributed by atoms with Gasteiger partial charge in [-0.05, 0) is 54.8 Å². The van der Waals surface area contributed by atoms with Crippen molar-refractivity contribution >= 4 is 11.6 Å². The van der Waals surface area contributed by atoms with Crippen LogP contribution in [0.4, 0.5) is 5.69 Å². The summed E-state index contributed by atoms with van der Waals surface area (Å²) in [4.78, 5) is 12.8. The van der Waals surface area contributed by atoms with E-state index >= 15 is 0 Å². The van der Waals surface area contributed by atoms with E-state index in [4.69, 9.17) is 15.2 Å². The molecule has 1 heterocycles. The van der Waals surface area contributed by atoms with Crippen LogP contribution in [0, 0.1) is 0 Å². The fraction of sp³-hybridized carbons (Fsp3) is 0.350. The minimum absolute atomic E-state index is 0.0724. The van der Waals surface area contributed by atoms with Crippen LogP contribution in [0.3, 0.4) is 0 Å². The van der Waals surface area contributed by atoms with Gasteiger partial charge >= 0.3 is 0 Å². The van der Waals surface area contributed by atoms with Gasteiger partial charge in [-0.3, -0.25) is 4.79 Å². The summed E-state index contributed by atoms with van der Waals surface area (Å²) in [7, 11) is 0. The van der Waals surface area contributed by atoms with Crippen molar-refractivity contribution in [3.8, 4) is 11.5 Å². The fourth-order valence-electron chi connectivity index (χ4n) is 3.73. The topological polar surface area (TPSA) is 73.6 Å². The monoisotopic (exact) mass is 338 g/mol. The van der Waals surface area contributed by atoms with E-state index in [0.29, 0.717) is 24.5 Å². The quantitative estimate of drug-likeness (QED) is 0.843. The van der Waals surface area contributed by atoms with Gasteiger partial charge in [0, 0.05) is 11.3 Å². The number of carbonyl (C=O) groups excluding carboxylic acids is 1. The molecule has 2 aromatic carbocycles. The molecular weight excluding hydrogens is 316 g/mol. The number of ether oxygens (including phenoxy) is 2. The van der Waals surface area contributed by atoms with E-state index in [1.165, 1.54) is 0 Å². The lowest BCUT2D eigenvalue weighted by atomic mass is 9.87. The third-order valence-electron chi connectivity index (χ3n) is 5.08. The molecular formula is C20H22N2O3. The van der Waals surface area contributed by atoms with E-state index in [1.807, 2.05) is 18.2 Å². The standard InChI is InChI=1S/C20H22N2O3/c21-16-6-3-14(4-7-16)19(23)22-20(9-1-2-10-20)15-5-8-17-18(13-15)25-12-11-24-17/h3-8,13H,1-2,9-12,21H2,(H,22,23). The Labute approximate surface area is 147 Å². The molecule has 1 aliphatic carbocycles. The SMILES string of the molecule is Nc1ccc(C(=O)NC2(c3ccc4c(c3)OCCO4)CCCC2)cc1. The predicted octanol–water partition coefficient (Wildman–Crippen LogP) is 3.24. The van der Waals surface area contributed by atoms with E-state index in [9.17, 15) is 4.79 Å². The smallest absolute Gasteiger partial charge is 0.251 e. The van der Waals surface area contributed by atoms with Crippen molar-refractivity contribution < 1.29 is 14.3 Å². The molecule has 4 rings (SSSR count). The van der Waals surface area contributed by atoms with E-state index < -0.39 is 0 Å². The van der Waals surface area contributed by atoms with Crippen molar-refractivity contribution in [2.75, 3.05) is 18.9 Å². The maximum absolute atomic E-state index is 12.8. The van der Waals surface area contributed by atoms with Crippen molar-refractivity contribution in [3.05, 3.63) is 53.6 Å². The highest BCUT2D eigenvalue weighted by atomic mass is 16.6. The lowest BCUT2D eigenvalue weighted by Gasteiger charge is -2.32. The van der Waals surface area contributed by atoms with Gasteiger partial charge in [0.15, 0.2) is 11.5 Å². The van der Waals surface area contributed by atoms with Crippen molar-refractivity contribution in [2.24, 2.45) is 0 Å². The molecule has 0 radical (unpaired) electrons. The van der Waals surface area contributed by atoms with Crippen LogP contribution in [-0.4, -0.2) is 19.1 Å². The number of benzene rings is 2. The van der Waals surface area contributed by atoms with Crippen molar-refractivity contribution in [3.63, 3.8) is 0 Å². The lowest BCUT2D eigenvalue weighted by molar-refractivity contribution is 0.0897. The largest absolute Gasteiger partial charge is 0.486 e. The maximum atomic E-state index is 12.8. The number of nitrogens with one attached hydrogen (secondary N) is 1. The molecule has 0 unspecified atom stereocenters. The highest BCUT2D eigenvalue weighted by molar-refractivity contribution is 5.95. The summed E-state index contributed by atoms with van der Waals surface area (Å²) in [5.41, 5.74) is 7.72. The zero-order chi connectivity index (χ0) is 17.3. The van der Waals surface area contributed by atoms with Crippen LogP contribution in [-0.2, 0) is 5.54 Å². The lowest BCUT2D eigenvalue weighted by Crippen LogP contribution is -2.43. The molecule has 1 amide bonds. The van der Waals surface area contributed by atoms with Crippen LogP contribution in [0.15, 0.2) is 42.5 Å². The van der Waals surface area contributed by atoms with Crippen LogP contribution in [0.25, 0.3) is 0 Å². The van der Waals surface area contributed by atoms with Gasteiger partial charge in [-0.2, -0.15) is 0 Å². The zero-order valence-corrected chi connectivity index (χ0v) is 14.1. The molecule has 130 valence electrons. The number of amides is 1. The Morgan fingerprint density at radius 1 is 0.960 bits per heavy atom. The summed E-state index contributed by atoms with van der Waals surface area (Å²) < 4.78 is 11.3. The summed E-state index contributed by atoms with van der Waals surface area (Å²) >= 11 is 0. The molecule has 5 nitrogen and oxygen atoms in total. The number of anilines is 1. The molecule has 2 aliphatic rings. The van der Waals surface area contributed by atoms with Gasteiger partial charge in [0.05, 0.1) is 5.54 Å². The molecule has 1 fully saturated rings. The molecule has 2 aromatic rings. The molecule has 0 bridgehead atoms. The first-order valence-corrected chi connectivity index (χ1v) is 8.74. The number of carbonyl (C=O) groups is 1. The Morgan fingerprint density at radius 2 is 1.64 bits per heavy atom. The number of hydrogen-bond donors (Lipinski definition) is 2. The first-order valence-electron chi connectivity index (χ1n) is 8.74. The summed E-state index contributed by atoms with van der Waals surface area (Å²) in [6, 6.07) is 13.0. The molecule has 0 atom stereocenters. The van der Waals surface area contributed by atoms with Gasteiger partial charge in [0.2, 0.25) is 0 Å². The number of nitrogens with two attached hydrogens (primary N) is 1. The molecule has 0 spiro atoms. The molecule has 3 N–H and O–H groups in total. The van der Waals surface area contributed by atoms with Crippen molar-refractivity contribution in [1.29, 1.82) is 0 Å². The second-order valence-electron chi connectivity index (χ2n) is 6.72. The second kappa shape index (κ2) is 6.31. The van der Waals surface area contributed by atoms with Gasteiger partial charge < -0.3 is 20.5 Å². The predicted molar refractivity (Wildman–Crippen MR) is 95.9 cm³/mol. The summed E-state index contributed by atoms with van der Waals surface area (Å²) in [6.45, 7) is 1.13. The first kappa shape index (κ1) is 15.8. The van der Waals surface area contributed by atoms with Gasteiger partial charge in [-0.25, -0.2) is 0 Å². The Hall–Kier alpha value is -2.69. The van der Waals surface area contributed by atoms with Gasteiger partial charge in [0.25, 0.3) is 5.91 Å². The van der Waals surface area contributed by atoms with Gasteiger partial charge in [-0.15, -0.1) is 0 Å². The summed E-state index contributed by atoms with van der Waals surface area (Å²) in [5, 5.41) is 3.28. The van der Waals surface area contributed by atoms with Crippen molar-refractivity contribution in [2.45, 2.75) is 31.2 Å². The molecule has 0 saturated heterocycles. The highest BCUT2D eigenvalue weighted by Crippen LogP contribution is 2.42. The van der Waals surface area contributed by atoms with Gasteiger partial charge in [0.1, 0.15) is 13.2 Å². The molecule has 1 saturated carbocycles. The second-order valence-corrected chi connectivity index (χ2v) is 6.72. The fourth-order valence-corrected chi connectivity index (χ4v) is 3.73. The number of nitrogen functional groups attached to an aromatic ring is 1. The Balaban J connectivity index is 1.63. The third-order valence-corrected chi connectivity index (χ3v) is 5.08. The third kappa shape index (κ3) is 3.02. The van der Waals surface area contributed by atoms with Crippen LogP contribution in [0.2, 0.25) is 0 Å². The van der Waals surface area contributed by atoms with Crippen LogP contribution < -0.4 is 20.5 Å². The maximum Gasteiger partial charge on any atom is 0.251 e. The number of fused-ring (bicyclic) bond motifs is 1. The molecule has 25 heavy (non-hydrogen) atoms. The van der Waals surface area contributed by atoms with Crippen LogP contribution in [0.5, 0.6) is 11.5 Å². The van der Waals surface area contributed by atoms with E-state index in [-0.39, 0.29) is 11.4 Å². The minimum Gasteiger partial charge on any atom is -0.486 e. The molecule has 1 aliphatic heterocycles. The normalized spacial score (nSPS) is 17.9. The van der Waals surface area contributed by atoms with E-state index in [2.05, 4.69) is 5.32 Å². The van der Waals surface area contributed by atoms with Gasteiger partial charge in [-0.1, -0.05) is 18.9 Å². The zero-order valence-electron chi connectivity index (χ0n) is 14.1.